The van der Waals surface area contributed by atoms with Gasteiger partial charge < -0.3 is 4.74 Å². The summed E-state index contributed by atoms with van der Waals surface area (Å²) in [5, 5.41) is 0. The molecule has 0 aromatic carbocycles. The maximum atomic E-state index is 10.5. The molecule has 108 valence electrons. The first-order valence-electron chi connectivity index (χ1n) is 7.01. The Morgan fingerprint density at radius 3 is 2.35 bits per heavy atom. The standard InChI is InChI=1S/C18H24O2/c1-3-4-5-6-7-8-9-10-11-12-13-14-15-16-17-20-18(2)19/h3-6,9-12H,13-17H2,1-2H3/b4-3+,6-5+,10-9+,12-11+. The number of hydrogen-bond donors (Lipinski definition) is 0. The highest BCUT2D eigenvalue weighted by atomic mass is 16.5. The molecule has 0 amide bonds. The van der Waals surface area contributed by atoms with Crippen molar-refractivity contribution < 1.29 is 9.53 Å². The fourth-order valence-corrected chi connectivity index (χ4v) is 1.35. The molecule has 0 rings (SSSR count). The van der Waals surface area contributed by atoms with Gasteiger partial charge in [-0.2, -0.15) is 0 Å². The number of hydrogen-bond acceptors (Lipinski definition) is 2. The van der Waals surface area contributed by atoms with Crippen molar-refractivity contribution >= 4 is 5.97 Å². The lowest BCUT2D eigenvalue weighted by Gasteiger charge is -1.99. The van der Waals surface area contributed by atoms with E-state index in [4.69, 9.17) is 4.74 Å². The summed E-state index contributed by atoms with van der Waals surface area (Å²) in [6.45, 7) is 3.95. The average Bonchev–Trinajstić information content (AvgIpc) is 2.43. The number of carbonyl (C=O) groups is 1. The molecule has 0 saturated carbocycles. The van der Waals surface area contributed by atoms with Crippen LogP contribution in [0.4, 0.5) is 0 Å². The molecule has 20 heavy (non-hydrogen) atoms. The Morgan fingerprint density at radius 1 is 1.00 bits per heavy atom. The molecule has 0 bridgehead atoms. The maximum absolute atomic E-state index is 10.5. The zero-order chi connectivity index (χ0) is 14.9. The Labute approximate surface area is 122 Å². The lowest BCUT2D eigenvalue weighted by molar-refractivity contribution is -0.141. The van der Waals surface area contributed by atoms with Crippen molar-refractivity contribution in [1.82, 2.24) is 0 Å². The van der Waals surface area contributed by atoms with Crippen molar-refractivity contribution in [3.8, 4) is 11.8 Å². The van der Waals surface area contributed by atoms with Gasteiger partial charge in [0.2, 0.25) is 0 Å². The number of esters is 1. The molecule has 0 spiro atoms. The van der Waals surface area contributed by atoms with E-state index < -0.39 is 0 Å². The quantitative estimate of drug-likeness (QED) is 0.284. The van der Waals surface area contributed by atoms with Crippen molar-refractivity contribution in [3.05, 3.63) is 48.6 Å². The van der Waals surface area contributed by atoms with Gasteiger partial charge in [-0.05, 0) is 44.8 Å². The number of ether oxygens (including phenoxy) is 1. The number of carbonyl (C=O) groups excluding carboxylic acids is 1. The van der Waals surface area contributed by atoms with Gasteiger partial charge in [0.25, 0.3) is 0 Å². The Hall–Kier alpha value is -2.01. The molecular formula is C18H24O2. The molecule has 2 heteroatoms. The van der Waals surface area contributed by atoms with Crippen LogP contribution in [0.2, 0.25) is 0 Å². The predicted molar refractivity (Wildman–Crippen MR) is 85.1 cm³/mol. The Bertz CT molecular complexity index is 414. The monoisotopic (exact) mass is 272 g/mol. The molecule has 0 saturated heterocycles. The molecule has 0 fully saturated rings. The highest BCUT2D eigenvalue weighted by Crippen LogP contribution is 2.01. The summed E-state index contributed by atoms with van der Waals surface area (Å²) in [5.41, 5.74) is 0. The van der Waals surface area contributed by atoms with Crippen LogP contribution in [-0.2, 0) is 9.53 Å². The van der Waals surface area contributed by atoms with Gasteiger partial charge in [0.15, 0.2) is 0 Å². The van der Waals surface area contributed by atoms with E-state index in [0.717, 1.165) is 25.7 Å². The summed E-state index contributed by atoms with van der Waals surface area (Å²) in [6, 6.07) is 0. The first kappa shape index (κ1) is 18.0. The zero-order valence-electron chi connectivity index (χ0n) is 12.5. The van der Waals surface area contributed by atoms with Crippen LogP contribution in [0, 0.1) is 11.8 Å². The van der Waals surface area contributed by atoms with Gasteiger partial charge in [0, 0.05) is 6.92 Å². The first-order chi connectivity index (χ1) is 9.77. The summed E-state index contributed by atoms with van der Waals surface area (Å²) in [6.07, 6.45) is 19.7. The van der Waals surface area contributed by atoms with Crippen molar-refractivity contribution in [2.24, 2.45) is 0 Å². The molecule has 0 aliphatic heterocycles. The van der Waals surface area contributed by atoms with Gasteiger partial charge >= 0.3 is 5.97 Å². The van der Waals surface area contributed by atoms with Gasteiger partial charge in [-0.1, -0.05) is 48.3 Å². The minimum Gasteiger partial charge on any atom is -0.466 e. The van der Waals surface area contributed by atoms with Crippen LogP contribution < -0.4 is 0 Å². The van der Waals surface area contributed by atoms with E-state index in [1.54, 1.807) is 0 Å². The highest BCUT2D eigenvalue weighted by Gasteiger charge is 1.91. The zero-order valence-corrected chi connectivity index (χ0v) is 12.5. The summed E-state index contributed by atoms with van der Waals surface area (Å²) < 4.78 is 4.86. The summed E-state index contributed by atoms with van der Waals surface area (Å²) in [4.78, 5) is 10.5. The van der Waals surface area contributed by atoms with Crippen LogP contribution in [0.25, 0.3) is 0 Å². The molecule has 0 heterocycles. The second-order valence-corrected chi connectivity index (χ2v) is 4.15. The molecule has 0 unspecified atom stereocenters. The molecule has 0 N–H and O–H groups in total. The topological polar surface area (TPSA) is 26.3 Å². The van der Waals surface area contributed by atoms with Crippen molar-refractivity contribution in [1.29, 1.82) is 0 Å². The third kappa shape index (κ3) is 16.0. The number of allylic oxidation sites excluding steroid dienone is 8. The molecule has 0 aliphatic rings. The second-order valence-electron chi connectivity index (χ2n) is 4.15. The normalized spacial score (nSPS) is 11.5. The molecule has 2 nitrogen and oxygen atoms in total. The molecule has 0 aromatic heterocycles. The van der Waals surface area contributed by atoms with Crippen LogP contribution in [0.3, 0.4) is 0 Å². The van der Waals surface area contributed by atoms with E-state index in [1.165, 1.54) is 6.92 Å². The minimum atomic E-state index is -0.197. The average molecular weight is 272 g/mol. The molecular weight excluding hydrogens is 248 g/mol. The van der Waals surface area contributed by atoms with E-state index in [0.29, 0.717) is 6.61 Å². The smallest absolute Gasteiger partial charge is 0.302 e. The Kier molecular flexibility index (Phi) is 13.5. The van der Waals surface area contributed by atoms with E-state index in [2.05, 4.69) is 17.9 Å². The van der Waals surface area contributed by atoms with Gasteiger partial charge in [-0.3, -0.25) is 4.79 Å². The lowest BCUT2D eigenvalue weighted by atomic mass is 10.2. The largest absolute Gasteiger partial charge is 0.466 e. The van der Waals surface area contributed by atoms with Crippen LogP contribution in [-0.4, -0.2) is 12.6 Å². The van der Waals surface area contributed by atoms with Crippen LogP contribution in [0.5, 0.6) is 0 Å². The van der Waals surface area contributed by atoms with Crippen LogP contribution >= 0.6 is 0 Å². The second kappa shape index (κ2) is 15.0. The van der Waals surface area contributed by atoms with Gasteiger partial charge in [-0.15, -0.1) is 0 Å². The van der Waals surface area contributed by atoms with Gasteiger partial charge in [0.05, 0.1) is 6.61 Å². The summed E-state index contributed by atoms with van der Waals surface area (Å²) in [5.74, 6) is 5.64. The fraction of sp³-hybridized carbons (Fsp3) is 0.389. The van der Waals surface area contributed by atoms with Crippen LogP contribution in [0.1, 0.15) is 39.5 Å². The molecule has 0 radical (unpaired) electrons. The predicted octanol–water partition coefficient (Wildman–Crippen LogP) is 4.36. The number of unbranched alkanes of at least 4 members (excludes halogenated alkanes) is 3. The van der Waals surface area contributed by atoms with Crippen LogP contribution in [0.15, 0.2) is 48.6 Å². The third-order valence-corrected chi connectivity index (χ3v) is 2.31. The molecule has 0 atom stereocenters. The molecule has 0 aliphatic carbocycles. The van der Waals surface area contributed by atoms with E-state index in [9.17, 15) is 4.79 Å². The summed E-state index contributed by atoms with van der Waals surface area (Å²) >= 11 is 0. The first-order valence-corrected chi connectivity index (χ1v) is 7.01. The Morgan fingerprint density at radius 2 is 1.70 bits per heavy atom. The van der Waals surface area contributed by atoms with E-state index >= 15 is 0 Å². The SMILES string of the molecule is C/C=C/C=C/C#C/C=C/C=C/CCCCCOC(C)=O. The molecule has 0 aromatic rings. The highest BCUT2D eigenvalue weighted by molar-refractivity contribution is 5.65. The van der Waals surface area contributed by atoms with Gasteiger partial charge in [-0.25, -0.2) is 0 Å². The van der Waals surface area contributed by atoms with E-state index in [1.807, 2.05) is 49.5 Å². The van der Waals surface area contributed by atoms with Crippen molar-refractivity contribution in [2.45, 2.75) is 39.5 Å². The minimum absolute atomic E-state index is 0.197. The van der Waals surface area contributed by atoms with Crippen molar-refractivity contribution in [3.63, 3.8) is 0 Å². The Balaban J connectivity index is 3.50. The van der Waals surface area contributed by atoms with Gasteiger partial charge in [0.1, 0.15) is 0 Å². The van der Waals surface area contributed by atoms with E-state index in [-0.39, 0.29) is 5.97 Å². The fourth-order valence-electron chi connectivity index (χ4n) is 1.35. The third-order valence-electron chi connectivity index (χ3n) is 2.31. The van der Waals surface area contributed by atoms with Crippen molar-refractivity contribution in [2.75, 3.05) is 6.61 Å². The lowest BCUT2D eigenvalue weighted by Crippen LogP contribution is -1.99. The number of rotatable bonds is 8. The maximum Gasteiger partial charge on any atom is 0.302 e. The summed E-state index contributed by atoms with van der Waals surface area (Å²) in [7, 11) is 0.